The van der Waals surface area contributed by atoms with Gasteiger partial charge in [-0.1, -0.05) is 23.7 Å². The van der Waals surface area contributed by atoms with E-state index in [4.69, 9.17) is 26.8 Å². The van der Waals surface area contributed by atoms with E-state index in [0.717, 1.165) is 11.3 Å². The van der Waals surface area contributed by atoms with Crippen LogP contribution in [-0.4, -0.2) is 42.2 Å². The molecule has 0 saturated carbocycles. The molecule has 0 spiro atoms. The maximum atomic E-state index is 12.9. The molecule has 0 bridgehead atoms. The highest BCUT2D eigenvalue weighted by atomic mass is 35.5. The molecule has 0 radical (unpaired) electrons. The summed E-state index contributed by atoms with van der Waals surface area (Å²) < 4.78 is 40.2. The number of nitrogens with zero attached hydrogens (tertiary/aromatic N) is 2. The number of sulfone groups is 1. The van der Waals surface area contributed by atoms with Crippen LogP contribution in [0.2, 0.25) is 5.02 Å². The van der Waals surface area contributed by atoms with Crippen LogP contribution in [0.3, 0.4) is 0 Å². The number of nitrogens with two attached hydrogens (primary N) is 1. The number of benzene rings is 2. The van der Waals surface area contributed by atoms with E-state index in [-0.39, 0.29) is 17.3 Å². The number of aromatic nitrogens is 2. The number of ether oxygens (including phenoxy) is 2. The van der Waals surface area contributed by atoms with Gasteiger partial charge in [0.2, 0.25) is 0 Å². The Morgan fingerprint density at radius 1 is 1.19 bits per heavy atom. The van der Waals surface area contributed by atoms with Gasteiger partial charge in [0.1, 0.15) is 0 Å². The van der Waals surface area contributed by atoms with Gasteiger partial charge in [0.25, 0.3) is 0 Å². The Labute approximate surface area is 193 Å². The third-order valence-corrected chi connectivity index (χ3v) is 7.65. The van der Waals surface area contributed by atoms with Crippen LogP contribution in [0.4, 0.5) is 5.69 Å². The average Bonchev–Trinajstić information content (AvgIpc) is 3.34. The lowest BCUT2D eigenvalue weighted by Gasteiger charge is -2.29. The van der Waals surface area contributed by atoms with Crippen molar-refractivity contribution in [3.63, 3.8) is 0 Å². The molecule has 2 unspecified atom stereocenters. The smallest absolute Gasteiger partial charge is 0.187 e. The van der Waals surface area contributed by atoms with Crippen LogP contribution >= 0.6 is 11.6 Å². The third-order valence-electron chi connectivity index (χ3n) is 5.60. The Hall–Kier alpha value is -2.39. The molecular weight excluding hydrogens is 450 g/mol. The van der Waals surface area contributed by atoms with E-state index >= 15 is 0 Å². The Morgan fingerprint density at radius 2 is 1.91 bits per heavy atom. The first-order valence-electron chi connectivity index (χ1n) is 10.4. The Balaban J connectivity index is 1.50. The van der Waals surface area contributed by atoms with Crippen molar-refractivity contribution in [3.05, 3.63) is 77.3 Å². The Bertz CT molecular complexity index is 1160. The van der Waals surface area contributed by atoms with Crippen LogP contribution in [-0.2, 0) is 32.3 Å². The summed E-state index contributed by atoms with van der Waals surface area (Å²) in [6.07, 6.45) is 4.18. The molecule has 32 heavy (non-hydrogen) atoms. The number of anilines is 1. The number of nitrogen functional groups attached to an aromatic ring is 1. The van der Waals surface area contributed by atoms with Gasteiger partial charge in [-0.15, -0.1) is 0 Å². The molecule has 1 aromatic heterocycles. The average molecular weight is 476 g/mol. The molecule has 9 heteroatoms. The van der Waals surface area contributed by atoms with Gasteiger partial charge in [-0.3, -0.25) is 0 Å². The maximum Gasteiger partial charge on any atom is 0.187 e. The molecule has 0 amide bonds. The number of hydrogen-bond acceptors (Lipinski definition) is 6. The van der Waals surface area contributed by atoms with Crippen LogP contribution < -0.4 is 5.73 Å². The van der Waals surface area contributed by atoms with Crippen molar-refractivity contribution in [1.82, 2.24) is 9.55 Å². The highest BCUT2D eigenvalue weighted by molar-refractivity contribution is 7.91. The summed E-state index contributed by atoms with van der Waals surface area (Å²) in [5.41, 5.74) is 8.27. The van der Waals surface area contributed by atoms with Gasteiger partial charge >= 0.3 is 0 Å². The molecule has 0 aliphatic carbocycles. The number of rotatable bonds is 8. The van der Waals surface area contributed by atoms with E-state index in [1.807, 2.05) is 35.8 Å². The molecule has 1 saturated heterocycles. The van der Waals surface area contributed by atoms with Crippen molar-refractivity contribution in [3.8, 4) is 0 Å². The lowest BCUT2D eigenvalue weighted by atomic mass is 10.0. The SMILES string of the molecule is Cc1cncn1CC1(CCc2ccc(Cl)cc2)OCC(CS(=O)(=O)c2ccc(N)cc2)O1. The van der Waals surface area contributed by atoms with Gasteiger partial charge in [0.05, 0.1) is 36.2 Å². The minimum atomic E-state index is -3.55. The first kappa shape index (κ1) is 22.8. The number of imidazole rings is 1. The summed E-state index contributed by atoms with van der Waals surface area (Å²) >= 11 is 5.99. The largest absolute Gasteiger partial charge is 0.399 e. The van der Waals surface area contributed by atoms with E-state index in [9.17, 15) is 8.42 Å². The fourth-order valence-electron chi connectivity index (χ4n) is 3.81. The maximum absolute atomic E-state index is 12.9. The van der Waals surface area contributed by atoms with Gasteiger partial charge in [-0.2, -0.15) is 0 Å². The van der Waals surface area contributed by atoms with E-state index in [0.29, 0.717) is 30.1 Å². The van der Waals surface area contributed by atoms with Crippen molar-refractivity contribution in [2.24, 2.45) is 0 Å². The molecule has 2 atom stereocenters. The second kappa shape index (κ2) is 9.23. The zero-order chi connectivity index (χ0) is 22.8. The van der Waals surface area contributed by atoms with Crippen molar-refractivity contribution in [1.29, 1.82) is 0 Å². The van der Waals surface area contributed by atoms with Crippen molar-refractivity contribution < 1.29 is 17.9 Å². The van der Waals surface area contributed by atoms with Crippen LogP contribution in [0.5, 0.6) is 0 Å². The molecule has 7 nitrogen and oxygen atoms in total. The molecule has 3 aromatic rings. The van der Waals surface area contributed by atoms with Crippen LogP contribution in [0, 0.1) is 6.92 Å². The van der Waals surface area contributed by atoms with Gasteiger partial charge in [-0.05, 0) is 55.3 Å². The fraction of sp³-hybridized carbons (Fsp3) is 0.348. The molecule has 2 aromatic carbocycles. The highest BCUT2D eigenvalue weighted by Gasteiger charge is 2.43. The molecule has 1 aliphatic heterocycles. The van der Waals surface area contributed by atoms with Gasteiger partial charge in [0.15, 0.2) is 15.6 Å². The van der Waals surface area contributed by atoms with Crippen molar-refractivity contribution in [2.75, 3.05) is 18.1 Å². The molecule has 1 fully saturated rings. The quantitative estimate of drug-likeness (QED) is 0.499. The summed E-state index contributed by atoms with van der Waals surface area (Å²) in [7, 11) is -3.55. The van der Waals surface area contributed by atoms with E-state index in [2.05, 4.69) is 4.98 Å². The number of halogens is 1. The van der Waals surface area contributed by atoms with Gasteiger partial charge < -0.3 is 19.8 Å². The summed E-state index contributed by atoms with van der Waals surface area (Å²) in [6, 6.07) is 13.8. The van der Waals surface area contributed by atoms with Crippen molar-refractivity contribution >= 4 is 27.1 Å². The topological polar surface area (TPSA) is 96.4 Å². The third kappa shape index (κ3) is 5.32. The van der Waals surface area contributed by atoms with Gasteiger partial charge in [0, 0.05) is 29.0 Å². The predicted molar refractivity (Wildman–Crippen MR) is 123 cm³/mol. The molecular formula is C23H26ClN3O4S. The summed E-state index contributed by atoms with van der Waals surface area (Å²) in [5, 5.41) is 0.679. The monoisotopic (exact) mass is 475 g/mol. The van der Waals surface area contributed by atoms with E-state index < -0.39 is 21.7 Å². The Morgan fingerprint density at radius 3 is 2.56 bits per heavy atom. The summed E-state index contributed by atoms with van der Waals surface area (Å²) in [4.78, 5) is 4.40. The molecule has 1 aliphatic rings. The first-order valence-corrected chi connectivity index (χ1v) is 12.4. The Kier molecular flexibility index (Phi) is 6.57. The van der Waals surface area contributed by atoms with Crippen molar-refractivity contribution in [2.45, 2.75) is 43.1 Å². The summed E-state index contributed by atoms with van der Waals surface area (Å²) in [5.74, 6) is -1.12. The van der Waals surface area contributed by atoms with Crippen LogP contribution in [0.15, 0.2) is 66.0 Å². The lowest BCUT2D eigenvalue weighted by Crippen LogP contribution is -2.38. The minimum Gasteiger partial charge on any atom is -0.399 e. The highest BCUT2D eigenvalue weighted by Crippen LogP contribution is 2.32. The second-order valence-electron chi connectivity index (χ2n) is 8.10. The van der Waals surface area contributed by atoms with Crippen LogP contribution in [0.1, 0.15) is 17.7 Å². The first-order chi connectivity index (χ1) is 15.2. The summed E-state index contributed by atoms with van der Waals surface area (Å²) in [6.45, 7) is 2.57. The molecule has 170 valence electrons. The van der Waals surface area contributed by atoms with Gasteiger partial charge in [-0.25, -0.2) is 13.4 Å². The zero-order valence-electron chi connectivity index (χ0n) is 17.8. The van der Waals surface area contributed by atoms with E-state index in [1.54, 1.807) is 24.7 Å². The molecule has 4 rings (SSSR count). The number of hydrogen-bond donors (Lipinski definition) is 1. The minimum absolute atomic E-state index is 0.164. The predicted octanol–water partition coefficient (Wildman–Crippen LogP) is 3.65. The second-order valence-corrected chi connectivity index (χ2v) is 10.6. The van der Waals surface area contributed by atoms with E-state index in [1.165, 1.54) is 12.1 Å². The standard InChI is InChI=1S/C23H26ClN3O4S/c1-17-12-26-16-27(17)15-23(11-10-18-2-4-19(24)5-3-18)30-13-21(31-23)14-32(28,29)22-8-6-20(25)7-9-22/h2-9,12,16,21H,10-11,13-15,25H2,1H3. The lowest BCUT2D eigenvalue weighted by molar-refractivity contribution is -0.180. The molecule has 2 N–H and O–H groups in total. The fourth-order valence-corrected chi connectivity index (χ4v) is 5.33. The number of aryl methyl sites for hydroxylation is 2. The molecule has 2 heterocycles. The van der Waals surface area contributed by atoms with Crippen LogP contribution in [0.25, 0.3) is 0 Å². The zero-order valence-corrected chi connectivity index (χ0v) is 19.3. The normalized spacial score (nSPS) is 21.1.